The van der Waals surface area contributed by atoms with Gasteiger partial charge < -0.3 is 9.47 Å². The summed E-state index contributed by atoms with van der Waals surface area (Å²) in [6, 6.07) is 10.1. The molecule has 28 heavy (non-hydrogen) atoms. The lowest BCUT2D eigenvalue weighted by Gasteiger charge is -2.17. The van der Waals surface area contributed by atoms with E-state index < -0.39 is 20.9 Å². The first-order chi connectivity index (χ1) is 13.3. The highest BCUT2D eigenvalue weighted by molar-refractivity contribution is 7.93. The zero-order valence-electron chi connectivity index (χ0n) is 15.0. The highest BCUT2D eigenvalue weighted by atomic mass is 32.2. The minimum Gasteiger partial charge on any atom is -0.496 e. The Morgan fingerprint density at radius 3 is 2.50 bits per heavy atom. The van der Waals surface area contributed by atoms with E-state index in [0.29, 0.717) is 30.0 Å². The van der Waals surface area contributed by atoms with Gasteiger partial charge in [-0.2, -0.15) is 0 Å². The normalized spacial score (nSPS) is 15.2. The van der Waals surface area contributed by atoms with Crippen LogP contribution in [0.25, 0.3) is 0 Å². The standard InChI is InChI=1S/C18H18N2O7S/c1-26-17-8-7-16(20(22)23)11-14(17)12-27-18(21)13-3-5-15(6-4-13)19-9-2-10-28(19,24)25/h3-8,11H,2,9-10,12H2,1H3. The Hall–Kier alpha value is -3.14. The number of rotatable bonds is 6. The van der Waals surface area contributed by atoms with Crippen LogP contribution in [0, 0.1) is 10.1 Å². The van der Waals surface area contributed by atoms with E-state index in [1.54, 1.807) is 12.1 Å². The maximum Gasteiger partial charge on any atom is 0.338 e. The van der Waals surface area contributed by atoms with E-state index in [-0.39, 0.29) is 23.6 Å². The van der Waals surface area contributed by atoms with E-state index in [1.165, 1.54) is 41.7 Å². The molecule has 1 heterocycles. The second kappa shape index (κ2) is 7.85. The van der Waals surface area contributed by atoms with Crippen molar-refractivity contribution in [2.75, 3.05) is 23.7 Å². The average molecular weight is 406 g/mol. The molecular weight excluding hydrogens is 388 g/mol. The zero-order valence-corrected chi connectivity index (χ0v) is 15.8. The summed E-state index contributed by atoms with van der Waals surface area (Å²) in [7, 11) is -1.88. The largest absolute Gasteiger partial charge is 0.496 e. The fourth-order valence-corrected chi connectivity index (χ4v) is 4.48. The van der Waals surface area contributed by atoms with E-state index in [2.05, 4.69) is 0 Å². The molecule has 0 N–H and O–H groups in total. The van der Waals surface area contributed by atoms with Gasteiger partial charge in [-0.1, -0.05) is 0 Å². The van der Waals surface area contributed by atoms with Gasteiger partial charge in [0.25, 0.3) is 5.69 Å². The number of benzene rings is 2. The lowest BCUT2D eigenvalue weighted by atomic mass is 10.2. The second-order valence-corrected chi connectivity index (χ2v) is 8.13. The molecule has 1 aliphatic rings. The first-order valence-electron chi connectivity index (χ1n) is 8.41. The number of carbonyl (C=O) groups is 1. The number of anilines is 1. The van der Waals surface area contributed by atoms with Gasteiger partial charge in [0.2, 0.25) is 10.0 Å². The van der Waals surface area contributed by atoms with Crippen molar-refractivity contribution in [3.8, 4) is 5.75 Å². The van der Waals surface area contributed by atoms with Crippen molar-refractivity contribution in [3.05, 3.63) is 63.7 Å². The van der Waals surface area contributed by atoms with Gasteiger partial charge in [-0.25, -0.2) is 13.2 Å². The van der Waals surface area contributed by atoms with Gasteiger partial charge in [0, 0.05) is 24.2 Å². The lowest BCUT2D eigenvalue weighted by Crippen LogP contribution is -2.25. The Labute approximate surface area is 161 Å². The van der Waals surface area contributed by atoms with Crippen molar-refractivity contribution in [2.45, 2.75) is 13.0 Å². The Morgan fingerprint density at radius 1 is 1.21 bits per heavy atom. The minimum absolute atomic E-state index is 0.113. The molecule has 0 aliphatic carbocycles. The fraction of sp³-hybridized carbons (Fsp3) is 0.278. The molecule has 0 spiro atoms. The van der Waals surface area contributed by atoms with Crippen LogP contribution in [-0.2, 0) is 21.4 Å². The van der Waals surface area contributed by atoms with Gasteiger partial charge in [0.05, 0.1) is 29.0 Å². The van der Waals surface area contributed by atoms with Crippen molar-refractivity contribution in [1.82, 2.24) is 0 Å². The molecule has 0 unspecified atom stereocenters. The summed E-state index contributed by atoms with van der Waals surface area (Å²) < 4.78 is 35.6. The number of methoxy groups -OCH3 is 1. The predicted molar refractivity (Wildman–Crippen MR) is 101 cm³/mol. The molecule has 2 aromatic carbocycles. The molecule has 0 bridgehead atoms. The molecule has 0 atom stereocenters. The van der Waals surface area contributed by atoms with Crippen LogP contribution in [0.2, 0.25) is 0 Å². The first kappa shape index (κ1) is 19.6. The molecule has 0 amide bonds. The van der Waals surface area contributed by atoms with Gasteiger partial charge in [-0.15, -0.1) is 0 Å². The molecule has 0 saturated carbocycles. The summed E-state index contributed by atoms with van der Waals surface area (Å²) in [5.41, 5.74) is 0.965. The monoisotopic (exact) mass is 406 g/mol. The molecular formula is C18H18N2O7S. The third-order valence-corrected chi connectivity index (χ3v) is 6.19. The highest BCUT2D eigenvalue weighted by Gasteiger charge is 2.28. The SMILES string of the molecule is COc1ccc([N+](=O)[O-])cc1COC(=O)c1ccc(N2CCCS2(=O)=O)cc1. The van der Waals surface area contributed by atoms with Crippen molar-refractivity contribution < 1.29 is 27.6 Å². The minimum atomic E-state index is -3.29. The van der Waals surface area contributed by atoms with Crippen LogP contribution in [0.4, 0.5) is 11.4 Å². The molecule has 1 aliphatic heterocycles. The third-order valence-electron chi connectivity index (χ3n) is 4.32. The van der Waals surface area contributed by atoms with Gasteiger partial charge in [0.1, 0.15) is 12.4 Å². The number of nitro groups is 1. The Morgan fingerprint density at radius 2 is 1.93 bits per heavy atom. The van der Waals surface area contributed by atoms with Crippen molar-refractivity contribution >= 4 is 27.4 Å². The maximum atomic E-state index is 12.3. The lowest BCUT2D eigenvalue weighted by molar-refractivity contribution is -0.385. The van der Waals surface area contributed by atoms with Crippen LogP contribution >= 0.6 is 0 Å². The highest BCUT2D eigenvalue weighted by Crippen LogP contribution is 2.26. The third kappa shape index (κ3) is 4.06. The average Bonchev–Trinajstić information content (AvgIpc) is 3.04. The molecule has 3 rings (SSSR count). The van der Waals surface area contributed by atoms with Gasteiger partial charge in [0.15, 0.2) is 0 Å². The number of carbonyl (C=O) groups excluding carboxylic acids is 1. The summed E-state index contributed by atoms with van der Waals surface area (Å²) in [5, 5.41) is 10.9. The van der Waals surface area contributed by atoms with Crippen LogP contribution in [0.3, 0.4) is 0 Å². The maximum absolute atomic E-state index is 12.3. The summed E-state index contributed by atoms with van der Waals surface area (Å²) in [6.07, 6.45) is 0.567. The summed E-state index contributed by atoms with van der Waals surface area (Å²) in [5.74, 6) is -0.153. The summed E-state index contributed by atoms with van der Waals surface area (Å²) in [4.78, 5) is 22.6. The number of sulfonamides is 1. The van der Waals surface area contributed by atoms with Gasteiger partial charge in [-0.3, -0.25) is 14.4 Å². The Kier molecular flexibility index (Phi) is 5.50. The van der Waals surface area contributed by atoms with Crippen molar-refractivity contribution in [3.63, 3.8) is 0 Å². The number of hydrogen-bond donors (Lipinski definition) is 0. The number of hydrogen-bond acceptors (Lipinski definition) is 7. The number of nitrogens with zero attached hydrogens (tertiary/aromatic N) is 2. The Bertz CT molecular complexity index is 1000. The number of nitro benzene ring substituents is 1. The molecule has 10 heteroatoms. The molecule has 9 nitrogen and oxygen atoms in total. The van der Waals surface area contributed by atoms with E-state index >= 15 is 0 Å². The van der Waals surface area contributed by atoms with E-state index in [1.807, 2.05) is 0 Å². The molecule has 0 radical (unpaired) electrons. The van der Waals surface area contributed by atoms with Crippen LogP contribution in [0.5, 0.6) is 5.75 Å². The second-order valence-electron chi connectivity index (χ2n) is 6.12. The number of esters is 1. The molecule has 1 saturated heterocycles. The van der Waals surface area contributed by atoms with Crippen LogP contribution in [0.1, 0.15) is 22.3 Å². The molecule has 2 aromatic rings. The molecule has 1 fully saturated rings. The van der Waals surface area contributed by atoms with Crippen LogP contribution < -0.4 is 9.04 Å². The molecule has 0 aromatic heterocycles. The fourth-order valence-electron chi connectivity index (χ4n) is 2.91. The zero-order chi connectivity index (χ0) is 20.3. The summed E-state index contributed by atoms with van der Waals surface area (Å²) >= 11 is 0. The van der Waals surface area contributed by atoms with Gasteiger partial charge >= 0.3 is 5.97 Å². The molecule has 148 valence electrons. The van der Waals surface area contributed by atoms with E-state index in [4.69, 9.17) is 9.47 Å². The van der Waals surface area contributed by atoms with Crippen LogP contribution in [0.15, 0.2) is 42.5 Å². The summed E-state index contributed by atoms with van der Waals surface area (Å²) in [6.45, 7) is 0.213. The quantitative estimate of drug-likeness (QED) is 0.411. The van der Waals surface area contributed by atoms with E-state index in [9.17, 15) is 23.3 Å². The first-order valence-corrected chi connectivity index (χ1v) is 10.0. The van der Waals surface area contributed by atoms with Crippen molar-refractivity contribution in [2.24, 2.45) is 0 Å². The topological polar surface area (TPSA) is 116 Å². The number of non-ortho nitro benzene ring substituents is 1. The van der Waals surface area contributed by atoms with Crippen LogP contribution in [-0.4, -0.2) is 38.7 Å². The van der Waals surface area contributed by atoms with Crippen molar-refractivity contribution in [1.29, 1.82) is 0 Å². The predicted octanol–water partition coefficient (Wildman–Crippen LogP) is 2.50. The van der Waals surface area contributed by atoms with Gasteiger partial charge in [-0.05, 0) is 36.8 Å². The smallest absolute Gasteiger partial charge is 0.338 e. The van der Waals surface area contributed by atoms with E-state index in [0.717, 1.165) is 0 Å². The Balaban J connectivity index is 1.70. The number of ether oxygens (including phenoxy) is 2.